The van der Waals surface area contributed by atoms with E-state index in [2.05, 4.69) is 0 Å². The molecule has 2 rings (SSSR count). The number of nitriles is 1. The average Bonchev–Trinajstić information content (AvgIpc) is 2.45. The molecule has 4 nitrogen and oxygen atoms in total. The Morgan fingerprint density at radius 3 is 2.75 bits per heavy atom. The maximum absolute atomic E-state index is 11.1. The summed E-state index contributed by atoms with van der Waals surface area (Å²) in [6.07, 6.45) is 0. The molecule has 0 bridgehead atoms. The van der Waals surface area contributed by atoms with Gasteiger partial charge in [0.25, 0.3) is 0 Å². The van der Waals surface area contributed by atoms with Gasteiger partial charge in [0.15, 0.2) is 0 Å². The number of hydrogen-bond acceptors (Lipinski definition) is 3. The van der Waals surface area contributed by atoms with Crippen molar-refractivity contribution in [3.63, 3.8) is 0 Å². The summed E-state index contributed by atoms with van der Waals surface area (Å²) in [5.41, 5.74) is 1.24. The maximum Gasteiger partial charge on any atom is 0.341 e. The van der Waals surface area contributed by atoms with Crippen LogP contribution in [-0.4, -0.2) is 11.1 Å². The van der Waals surface area contributed by atoms with Crippen molar-refractivity contribution in [2.45, 2.75) is 6.61 Å². The zero-order valence-corrected chi connectivity index (χ0v) is 11.1. The predicted molar refractivity (Wildman–Crippen MR) is 73.9 cm³/mol. The highest BCUT2D eigenvalue weighted by molar-refractivity contribution is 6.33. The van der Waals surface area contributed by atoms with Gasteiger partial charge in [0, 0.05) is 0 Å². The Morgan fingerprint density at radius 1 is 1.30 bits per heavy atom. The van der Waals surface area contributed by atoms with Crippen LogP contribution in [0.15, 0.2) is 42.5 Å². The molecule has 0 amide bonds. The summed E-state index contributed by atoms with van der Waals surface area (Å²) in [4.78, 5) is 11.1. The second-order valence-electron chi connectivity index (χ2n) is 4.02. The van der Waals surface area contributed by atoms with Crippen molar-refractivity contribution in [3.8, 4) is 11.8 Å². The van der Waals surface area contributed by atoms with E-state index in [4.69, 9.17) is 26.7 Å². The van der Waals surface area contributed by atoms with Gasteiger partial charge in [-0.15, -0.1) is 0 Å². The van der Waals surface area contributed by atoms with E-state index in [-0.39, 0.29) is 22.9 Å². The Bertz CT molecular complexity index is 692. The third-order valence-corrected chi connectivity index (χ3v) is 2.95. The zero-order chi connectivity index (χ0) is 14.5. The fourth-order valence-electron chi connectivity index (χ4n) is 1.72. The first-order valence-corrected chi connectivity index (χ1v) is 6.13. The number of halogens is 1. The highest BCUT2D eigenvalue weighted by Gasteiger charge is 2.15. The lowest BCUT2D eigenvalue weighted by Gasteiger charge is -2.10. The lowest BCUT2D eigenvalue weighted by molar-refractivity contribution is 0.0692. The number of aromatic carboxylic acids is 1. The maximum atomic E-state index is 11.1. The third kappa shape index (κ3) is 3.08. The largest absolute Gasteiger partial charge is 0.488 e. The van der Waals surface area contributed by atoms with Gasteiger partial charge in [0.2, 0.25) is 0 Å². The first kappa shape index (κ1) is 13.9. The summed E-state index contributed by atoms with van der Waals surface area (Å²) in [5, 5.41) is 18.1. The number of carboxylic acids is 1. The number of rotatable bonds is 4. The van der Waals surface area contributed by atoms with Crippen LogP contribution >= 0.6 is 11.6 Å². The molecule has 0 spiro atoms. The molecular formula is C15H10ClNO3. The van der Waals surface area contributed by atoms with Gasteiger partial charge >= 0.3 is 5.97 Å². The molecule has 0 fully saturated rings. The molecule has 0 atom stereocenters. The molecule has 1 N–H and O–H groups in total. The van der Waals surface area contributed by atoms with Gasteiger partial charge in [-0.05, 0) is 29.8 Å². The molecule has 2 aromatic rings. The van der Waals surface area contributed by atoms with Crippen LogP contribution in [0.4, 0.5) is 0 Å². The first-order valence-electron chi connectivity index (χ1n) is 5.75. The van der Waals surface area contributed by atoms with E-state index >= 15 is 0 Å². The first-order chi connectivity index (χ1) is 9.61. The van der Waals surface area contributed by atoms with Crippen LogP contribution in [-0.2, 0) is 6.61 Å². The molecule has 0 aromatic heterocycles. The summed E-state index contributed by atoms with van der Waals surface area (Å²) in [5.74, 6) is -0.941. The summed E-state index contributed by atoms with van der Waals surface area (Å²) in [6.45, 7) is 0.163. The number of carbonyl (C=O) groups is 1. The number of ether oxygens (including phenoxy) is 1. The number of nitrogens with zero attached hydrogens (tertiary/aromatic N) is 1. The van der Waals surface area contributed by atoms with Crippen LogP contribution < -0.4 is 4.74 Å². The van der Waals surface area contributed by atoms with Crippen molar-refractivity contribution >= 4 is 17.6 Å². The van der Waals surface area contributed by atoms with Crippen LogP contribution in [0, 0.1) is 11.3 Å². The Morgan fingerprint density at radius 2 is 2.05 bits per heavy atom. The second kappa shape index (κ2) is 6.09. The van der Waals surface area contributed by atoms with Gasteiger partial charge in [0.05, 0.1) is 16.7 Å². The van der Waals surface area contributed by atoms with Crippen LogP contribution in [0.5, 0.6) is 5.75 Å². The van der Waals surface area contributed by atoms with Crippen LogP contribution in [0.25, 0.3) is 0 Å². The molecule has 0 heterocycles. The van der Waals surface area contributed by atoms with E-state index < -0.39 is 5.97 Å². The molecular weight excluding hydrogens is 278 g/mol. The SMILES string of the molecule is N#Cc1cccc(COc2cccc(Cl)c2C(=O)O)c1. The molecule has 0 saturated heterocycles. The fraction of sp³-hybridized carbons (Fsp3) is 0.0667. The summed E-state index contributed by atoms with van der Waals surface area (Å²) in [7, 11) is 0. The van der Waals surface area contributed by atoms with Gasteiger partial charge < -0.3 is 9.84 Å². The molecule has 0 aliphatic heterocycles. The number of hydrogen-bond donors (Lipinski definition) is 1. The van der Waals surface area contributed by atoms with Crippen molar-refractivity contribution in [3.05, 3.63) is 64.2 Å². The topological polar surface area (TPSA) is 70.3 Å². The van der Waals surface area contributed by atoms with Crippen molar-refractivity contribution < 1.29 is 14.6 Å². The molecule has 0 aliphatic carbocycles. The Hall–Kier alpha value is -2.51. The van der Waals surface area contributed by atoms with E-state index in [1.807, 2.05) is 6.07 Å². The average molecular weight is 288 g/mol. The van der Waals surface area contributed by atoms with Gasteiger partial charge in [-0.25, -0.2) is 4.79 Å². The fourth-order valence-corrected chi connectivity index (χ4v) is 1.97. The molecule has 0 radical (unpaired) electrons. The molecule has 20 heavy (non-hydrogen) atoms. The van der Waals surface area contributed by atoms with Crippen molar-refractivity contribution in [1.82, 2.24) is 0 Å². The quantitative estimate of drug-likeness (QED) is 0.934. The van der Waals surface area contributed by atoms with E-state index in [1.165, 1.54) is 6.07 Å². The highest BCUT2D eigenvalue weighted by atomic mass is 35.5. The minimum absolute atomic E-state index is 0.0643. The second-order valence-corrected chi connectivity index (χ2v) is 4.43. The zero-order valence-electron chi connectivity index (χ0n) is 10.3. The number of benzene rings is 2. The van der Waals surface area contributed by atoms with Gasteiger partial charge in [-0.2, -0.15) is 5.26 Å². The molecule has 0 unspecified atom stereocenters. The standard InChI is InChI=1S/C15H10ClNO3/c16-12-5-2-6-13(14(12)15(18)19)20-9-11-4-1-3-10(7-11)8-17/h1-7H,9H2,(H,18,19). The summed E-state index contributed by atoms with van der Waals surface area (Å²) in [6, 6.07) is 13.6. The normalized spacial score (nSPS) is 9.80. The monoisotopic (exact) mass is 287 g/mol. The number of carboxylic acid groups (broad SMARTS) is 1. The van der Waals surface area contributed by atoms with Crippen LogP contribution in [0.3, 0.4) is 0 Å². The summed E-state index contributed by atoms with van der Waals surface area (Å²) >= 11 is 5.85. The smallest absolute Gasteiger partial charge is 0.341 e. The molecule has 2 aromatic carbocycles. The van der Waals surface area contributed by atoms with Crippen molar-refractivity contribution in [2.75, 3.05) is 0 Å². The molecule has 0 aliphatic rings. The van der Waals surface area contributed by atoms with E-state index in [9.17, 15) is 4.79 Å². The van der Waals surface area contributed by atoms with E-state index in [0.717, 1.165) is 5.56 Å². The van der Waals surface area contributed by atoms with Crippen LogP contribution in [0.1, 0.15) is 21.5 Å². The Balaban J connectivity index is 2.21. The lowest BCUT2D eigenvalue weighted by atomic mass is 10.1. The third-order valence-electron chi connectivity index (χ3n) is 2.64. The van der Waals surface area contributed by atoms with E-state index in [1.54, 1.807) is 36.4 Å². The minimum atomic E-state index is -1.14. The van der Waals surface area contributed by atoms with Gasteiger partial charge in [-0.1, -0.05) is 29.8 Å². The summed E-state index contributed by atoms with van der Waals surface area (Å²) < 4.78 is 5.49. The lowest BCUT2D eigenvalue weighted by Crippen LogP contribution is -2.04. The van der Waals surface area contributed by atoms with Gasteiger partial charge in [0.1, 0.15) is 17.9 Å². The molecule has 0 saturated carbocycles. The molecule has 100 valence electrons. The predicted octanol–water partition coefficient (Wildman–Crippen LogP) is 3.49. The van der Waals surface area contributed by atoms with Crippen molar-refractivity contribution in [2.24, 2.45) is 0 Å². The Kier molecular flexibility index (Phi) is 4.24. The minimum Gasteiger partial charge on any atom is -0.488 e. The van der Waals surface area contributed by atoms with Gasteiger partial charge in [-0.3, -0.25) is 0 Å². The van der Waals surface area contributed by atoms with E-state index in [0.29, 0.717) is 5.56 Å². The van der Waals surface area contributed by atoms with Crippen LogP contribution in [0.2, 0.25) is 5.02 Å². The van der Waals surface area contributed by atoms with Crippen molar-refractivity contribution in [1.29, 1.82) is 5.26 Å². The molecule has 5 heteroatoms. The Labute approximate surface area is 120 Å². The highest BCUT2D eigenvalue weighted by Crippen LogP contribution is 2.27.